The maximum absolute atomic E-state index is 14.1. The van der Waals surface area contributed by atoms with Crippen LogP contribution in [-0.4, -0.2) is 85.9 Å². The van der Waals surface area contributed by atoms with E-state index in [1.54, 1.807) is 11.0 Å². The van der Waals surface area contributed by atoms with Crippen LogP contribution in [0.4, 0.5) is 0 Å². The fraction of sp³-hybridized carbons (Fsp3) is 0.448. The topological polar surface area (TPSA) is 197 Å². The molecule has 5 aliphatic rings. The molecule has 1 aromatic heterocycles. The SMILES string of the molecule is NC(=O)C1=C(O)[C@@]2(O)C(=O)C3=C(O)c4c(O)ccc(-c5cc(C6CC6)no5)c4CC3C[C@H]2[C@@H](N2CCOCC2)C1=O. The Morgan fingerprint density at radius 3 is 2.51 bits per heavy atom. The highest BCUT2D eigenvalue weighted by Gasteiger charge is 2.64. The summed E-state index contributed by atoms with van der Waals surface area (Å²) in [6.45, 7) is 1.21. The number of aromatic hydroxyl groups is 1. The summed E-state index contributed by atoms with van der Waals surface area (Å²) in [5, 5.41) is 49.5. The van der Waals surface area contributed by atoms with E-state index in [2.05, 4.69) is 5.16 Å². The van der Waals surface area contributed by atoms with Gasteiger partial charge in [0, 0.05) is 42.1 Å². The number of aliphatic hydroxyl groups is 3. The van der Waals surface area contributed by atoms with Crippen molar-refractivity contribution >= 4 is 23.2 Å². The first-order chi connectivity index (χ1) is 19.6. The molecule has 3 fully saturated rings. The molecule has 41 heavy (non-hydrogen) atoms. The monoisotopic (exact) mass is 563 g/mol. The van der Waals surface area contributed by atoms with E-state index in [0.29, 0.717) is 49.1 Å². The molecule has 4 aliphatic carbocycles. The Morgan fingerprint density at radius 2 is 1.83 bits per heavy atom. The van der Waals surface area contributed by atoms with Crippen LogP contribution in [0.3, 0.4) is 0 Å². The first-order valence-electron chi connectivity index (χ1n) is 13.7. The number of nitrogens with two attached hydrogens (primary N) is 1. The van der Waals surface area contributed by atoms with E-state index in [1.807, 2.05) is 6.07 Å². The van der Waals surface area contributed by atoms with E-state index in [-0.39, 0.29) is 29.7 Å². The summed E-state index contributed by atoms with van der Waals surface area (Å²) in [6, 6.07) is 3.76. The summed E-state index contributed by atoms with van der Waals surface area (Å²) in [5.41, 5.74) is 3.73. The third-order valence-electron chi connectivity index (χ3n) is 9.28. The lowest BCUT2D eigenvalue weighted by molar-refractivity contribution is -0.157. The first kappa shape index (κ1) is 25.9. The van der Waals surface area contributed by atoms with Crippen molar-refractivity contribution in [3.05, 3.63) is 51.9 Å². The Kier molecular flexibility index (Phi) is 5.69. The average molecular weight is 564 g/mol. The molecule has 1 unspecified atom stereocenters. The Balaban J connectivity index is 1.38. The van der Waals surface area contributed by atoms with Crippen molar-refractivity contribution in [3.8, 4) is 17.1 Å². The number of rotatable bonds is 4. The first-order valence-corrected chi connectivity index (χ1v) is 13.7. The number of aromatic nitrogens is 1. The smallest absolute Gasteiger partial charge is 0.255 e. The Hall–Kier alpha value is -4.00. The van der Waals surface area contributed by atoms with Gasteiger partial charge in [-0.3, -0.25) is 19.3 Å². The number of fused-ring (bicyclic) bond motifs is 3. The molecule has 12 heteroatoms. The standard InChI is InChI=1S/C29H29N3O9/c30-28(38)22-25(35)23(32-5-7-40-8-6-32)16-10-13-9-15-14(19-11-17(31-41-19)12-1-2-12)3-4-18(33)21(15)24(34)20(13)26(36)29(16,39)27(22)37/h3-4,11-13,16,23,33-34,37,39H,1-2,5-10H2,(H2,30,38)/t13?,16-,23+,29-/m0/s1. The number of morpholine rings is 1. The van der Waals surface area contributed by atoms with Gasteiger partial charge in [0.25, 0.3) is 5.91 Å². The normalized spacial score (nSPS) is 30.2. The molecule has 0 spiro atoms. The van der Waals surface area contributed by atoms with E-state index >= 15 is 0 Å². The highest BCUT2D eigenvalue weighted by molar-refractivity contribution is 6.24. The summed E-state index contributed by atoms with van der Waals surface area (Å²) in [5.74, 6) is -5.99. The van der Waals surface area contributed by atoms with E-state index in [9.17, 15) is 34.8 Å². The zero-order valence-corrected chi connectivity index (χ0v) is 22.0. The zero-order chi connectivity index (χ0) is 28.8. The summed E-state index contributed by atoms with van der Waals surface area (Å²) in [7, 11) is 0. The van der Waals surface area contributed by atoms with Gasteiger partial charge in [0.15, 0.2) is 17.1 Å². The van der Waals surface area contributed by atoms with Crippen molar-refractivity contribution in [1.82, 2.24) is 10.1 Å². The summed E-state index contributed by atoms with van der Waals surface area (Å²) < 4.78 is 11.0. The molecule has 4 atom stereocenters. The molecule has 1 aliphatic heterocycles. The number of aliphatic hydroxyl groups excluding tert-OH is 2. The molecular weight excluding hydrogens is 534 g/mol. The minimum atomic E-state index is -2.68. The van der Waals surface area contributed by atoms with Gasteiger partial charge in [-0.15, -0.1) is 0 Å². The number of carbonyl (C=O) groups excluding carboxylic acids is 3. The van der Waals surface area contributed by atoms with Crippen LogP contribution in [0.25, 0.3) is 17.1 Å². The number of ketones is 2. The Bertz CT molecular complexity index is 1580. The number of phenolic OH excluding ortho intramolecular Hbond substituents is 1. The molecule has 0 radical (unpaired) electrons. The molecule has 1 aromatic carbocycles. The number of benzene rings is 1. The predicted molar refractivity (Wildman–Crippen MR) is 140 cm³/mol. The Labute approximate surface area is 233 Å². The second-order valence-electron chi connectivity index (χ2n) is 11.5. The molecule has 0 bridgehead atoms. The van der Waals surface area contributed by atoms with E-state index < -0.39 is 58.0 Å². The molecule has 214 valence electrons. The maximum Gasteiger partial charge on any atom is 0.255 e. The molecule has 1 saturated heterocycles. The number of primary amides is 1. The van der Waals surface area contributed by atoms with Crippen molar-refractivity contribution in [2.24, 2.45) is 17.6 Å². The van der Waals surface area contributed by atoms with Crippen LogP contribution in [0.5, 0.6) is 5.75 Å². The number of Topliss-reactive ketones (excluding diaryl/α,β-unsaturated/α-hetero) is 2. The second kappa shape index (κ2) is 9.00. The molecule has 7 rings (SSSR count). The van der Waals surface area contributed by atoms with Crippen LogP contribution < -0.4 is 5.73 Å². The number of hydrogen-bond acceptors (Lipinski definition) is 11. The number of ether oxygens (including phenoxy) is 1. The fourth-order valence-corrected chi connectivity index (χ4v) is 7.14. The zero-order valence-electron chi connectivity index (χ0n) is 22.0. The van der Waals surface area contributed by atoms with Gasteiger partial charge in [-0.1, -0.05) is 5.16 Å². The van der Waals surface area contributed by atoms with E-state index in [4.69, 9.17) is 15.0 Å². The van der Waals surface area contributed by atoms with Gasteiger partial charge >= 0.3 is 0 Å². The van der Waals surface area contributed by atoms with Crippen molar-refractivity contribution in [2.75, 3.05) is 26.3 Å². The fourth-order valence-electron chi connectivity index (χ4n) is 7.14. The molecule has 6 N–H and O–H groups in total. The van der Waals surface area contributed by atoms with Crippen molar-refractivity contribution in [2.45, 2.75) is 43.2 Å². The summed E-state index contributed by atoms with van der Waals surface area (Å²) in [6.07, 6.45) is 2.25. The average Bonchev–Trinajstić information content (AvgIpc) is 3.68. The Morgan fingerprint density at radius 1 is 1.10 bits per heavy atom. The van der Waals surface area contributed by atoms with Crippen molar-refractivity contribution in [3.63, 3.8) is 0 Å². The highest BCUT2D eigenvalue weighted by atomic mass is 16.5. The van der Waals surface area contributed by atoms with Crippen LogP contribution >= 0.6 is 0 Å². The minimum Gasteiger partial charge on any atom is -0.508 e. The molecule has 12 nitrogen and oxygen atoms in total. The van der Waals surface area contributed by atoms with Gasteiger partial charge < -0.3 is 35.4 Å². The number of nitrogens with zero attached hydrogens (tertiary/aromatic N) is 2. The maximum atomic E-state index is 14.1. The van der Waals surface area contributed by atoms with Crippen LogP contribution in [0.2, 0.25) is 0 Å². The van der Waals surface area contributed by atoms with Gasteiger partial charge in [0.2, 0.25) is 5.78 Å². The van der Waals surface area contributed by atoms with E-state index in [1.165, 1.54) is 6.07 Å². The quantitative estimate of drug-likeness (QED) is 0.336. The molecular formula is C29H29N3O9. The van der Waals surface area contributed by atoms with Crippen LogP contribution in [0.1, 0.15) is 42.0 Å². The molecule has 2 saturated carbocycles. The molecule has 2 heterocycles. The van der Waals surface area contributed by atoms with Gasteiger partial charge in [-0.05, 0) is 49.3 Å². The lowest BCUT2D eigenvalue weighted by Gasteiger charge is -2.51. The van der Waals surface area contributed by atoms with Crippen LogP contribution in [0, 0.1) is 11.8 Å². The minimum absolute atomic E-state index is 0.0173. The van der Waals surface area contributed by atoms with Crippen LogP contribution in [-0.2, 0) is 25.5 Å². The second-order valence-corrected chi connectivity index (χ2v) is 11.5. The summed E-state index contributed by atoms with van der Waals surface area (Å²) in [4.78, 5) is 41.8. The molecule has 1 amide bonds. The largest absolute Gasteiger partial charge is 0.508 e. The van der Waals surface area contributed by atoms with Gasteiger partial charge in [-0.2, -0.15) is 0 Å². The van der Waals surface area contributed by atoms with Crippen molar-refractivity contribution in [1.29, 1.82) is 0 Å². The molecule has 2 aromatic rings. The van der Waals surface area contributed by atoms with E-state index in [0.717, 1.165) is 18.5 Å². The third kappa shape index (κ3) is 3.63. The van der Waals surface area contributed by atoms with Crippen LogP contribution in [0.15, 0.2) is 39.6 Å². The predicted octanol–water partition coefficient (Wildman–Crippen LogP) is 1.27. The lowest BCUT2D eigenvalue weighted by atomic mass is 9.57. The third-order valence-corrected chi connectivity index (χ3v) is 9.28. The van der Waals surface area contributed by atoms with Gasteiger partial charge in [-0.25, -0.2) is 0 Å². The van der Waals surface area contributed by atoms with Crippen molar-refractivity contribution < 1.29 is 44.1 Å². The van der Waals surface area contributed by atoms with Gasteiger partial charge in [0.05, 0.1) is 30.5 Å². The summed E-state index contributed by atoms with van der Waals surface area (Å²) >= 11 is 0. The lowest BCUT2D eigenvalue weighted by Crippen LogP contribution is -2.67. The number of carbonyl (C=O) groups is 3. The highest BCUT2D eigenvalue weighted by Crippen LogP contribution is 2.54. The van der Waals surface area contributed by atoms with Gasteiger partial charge in [0.1, 0.15) is 22.8 Å². The number of hydrogen-bond donors (Lipinski definition) is 5. The number of phenols is 1. The number of amides is 1.